The molecule has 10 heteroatoms. The summed E-state index contributed by atoms with van der Waals surface area (Å²) in [6.45, 7) is 24.9. The van der Waals surface area contributed by atoms with Gasteiger partial charge in [-0.2, -0.15) is 0 Å². The zero-order chi connectivity index (χ0) is 28.4. The number of hydrogen-bond donors (Lipinski definition) is 0. The van der Waals surface area contributed by atoms with Crippen LogP contribution in [0.25, 0.3) is 0 Å². The van der Waals surface area contributed by atoms with Crippen LogP contribution < -0.4 is 5.46 Å². The summed E-state index contributed by atoms with van der Waals surface area (Å²) in [4.78, 5) is 13.6. The van der Waals surface area contributed by atoms with Crippen LogP contribution in [0.1, 0.15) is 94.3 Å². The van der Waals surface area contributed by atoms with Gasteiger partial charge in [-0.3, -0.25) is 4.98 Å². The third-order valence-corrected chi connectivity index (χ3v) is 9.00. The van der Waals surface area contributed by atoms with Crippen LogP contribution in [-0.4, -0.2) is 51.8 Å². The molecule has 0 amide bonds. The largest absolute Gasteiger partial charge is 0.641 e. The highest BCUT2D eigenvalue weighted by Crippen LogP contribution is 2.49. The van der Waals surface area contributed by atoms with E-state index in [-0.39, 0.29) is 5.92 Å². The third kappa shape index (κ3) is 4.62. The Morgan fingerprint density at radius 3 is 1.82 bits per heavy atom. The van der Waals surface area contributed by atoms with Crippen molar-refractivity contribution in [3.8, 4) is 0 Å². The molecule has 38 heavy (non-hydrogen) atoms. The van der Waals surface area contributed by atoms with Crippen molar-refractivity contribution in [1.82, 2.24) is 15.0 Å². The second-order valence-corrected chi connectivity index (χ2v) is 13.5. The maximum absolute atomic E-state index is 6.82. The van der Waals surface area contributed by atoms with Crippen LogP contribution >= 0.6 is 0 Å². The van der Waals surface area contributed by atoms with Crippen molar-refractivity contribution in [3.63, 3.8) is 0 Å². The molecule has 0 aliphatic carbocycles. The number of rotatable bonds is 6. The van der Waals surface area contributed by atoms with Crippen LogP contribution in [0, 0.1) is 11.3 Å². The van der Waals surface area contributed by atoms with E-state index >= 15 is 0 Å². The van der Waals surface area contributed by atoms with E-state index in [1.54, 1.807) is 18.6 Å². The van der Waals surface area contributed by atoms with Gasteiger partial charge in [0.1, 0.15) is 11.9 Å². The molecular formula is C28H43B2N3O5. The maximum Gasteiger partial charge on any atom is 0.641 e. The van der Waals surface area contributed by atoms with Crippen LogP contribution in [0.5, 0.6) is 0 Å². The second-order valence-electron chi connectivity index (χ2n) is 13.5. The zero-order valence-corrected chi connectivity index (χ0v) is 25.1. The summed E-state index contributed by atoms with van der Waals surface area (Å²) < 4.78 is 32.3. The molecule has 2 aliphatic heterocycles. The van der Waals surface area contributed by atoms with Crippen molar-refractivity contribution in [3.05, 3.63) is 48.3 Å². The van der Waals surface area contributed by atoms with Gasteiger partial charge in [0, 0.05) is 29.6 Å². The average molecular weight is 523 g/mol. The van der Waals surface area contributed by atoms with Gasteiger partial charge in [0.2, 0.25) is 0 Å². The molecule has 2 fully saturated rings. The Morgan fingerprint density at radius 2 is 1.37 bits per heavy atom. The molecule has 0 spiro atoms. The van der Waals surface area contributed by atoms with Crippen LogP contribution in [0.3, 0.4) is 0 Å². The van der Waals surface area contributed by atoms with E-state index in [2.05, 4.69) is 65.4 Å². The summed E-state index contributed by atoms with van der Waals surface area (Å²) in [5, 5.41) is 0. The first-order valence-corrected chi connectivity index (χ1v) is 13.5. The molecule has 0 N–H and O–H groups in total. The molecule has 2 aromatic heterocycles. The van der Waals surface area contributed by atoms with E-state index in [1.807, 2.05) is 39.8 Å². The number of hydrogen-bond acceptors (Lipinski definition) is 8. The zero-order valence-electron chi connectivity index (χ0n) is 25.1. The number of aromatic nitrogens is 3. The first-order valence-electron chi connectivity index (χ1n) is 13.5. The SMILES string of the molecule is CC(C)C1(C)OB(c2ccc(C(OB3OC(C)(C)C(C)(C)O3)(c3cncnc3)C(C)(C)C)nc2)OC1(C)C. The van der Waals surface area contributed by atoms with Gasteiger partial charge in [0.25, 0.3) is 0 Å². The van der Waals surface area contributed by atoms with Gasteiger partial charge in [0.15, 0.2) is 0 Å². The van der Waals surface area contributed by atoms with Gasteiger partial charge in [-0.05, 0) is 65.9 Å². The molecule has 4 rings (SSSR count). The normalized spacial score (nSPS) is 26.1. The van der Waals surface area contributed by atoms with Crippen LogP contribution in [0.2, 0.25) is 0 Å². The summed E-state index contributed by atoms with van der Waals surface area (Å²) >= 11 is 0. The van der Waals surface area contributed by atoms with Gasteiger partial charge in [0.05, 0.1) is 28.1 Å². The highest BCUT2D eigenvalue weighted by Gasteiger charge is 2.59. The Balaban J connectivity index is 1.76. The molecule has 0 bridgehead atoms. The van der Waals surface area contributed by atoms with Crippen LogP contribution in [0.4, 0.5) is 0 Å². The molecule has 2 saturated heterocycles. The Labute approximate surface area is 228 Å². The van der Waals surface area contributed by atoms with E-state index in [9.17, 15) is 0 Å². The highest BCUT2D eigenvalue weighted by atomic mass is 16.8. The van der Waals surface area contributed by atoms with Crippen molar-refractivity contribution in [2.24, 2.45) is 11.3 Å². The van der Waals surface area contributed by atoms with Crippen molar-refractivity contribution in [2.75, 3.05) is 0 Å². The van der Waals surface area contributed by atoms with Crippen LogP contribution in [0.15, 0.2) is 37.1 Å². The molecular weight excluding hydrogens is 480 g/mol. The lowest BCUT2D eigenvalue weighted by Crippen LogP contribution is -2.49. The predicted molar refractivity (Wildman–Crippen MR) is 149 cm³/mol. The smallest absolute Gasteiger partial charge is 0.399 e. The minimum absolute atomic E-state index is 0.273. The lowest BCUT2D eigenvalue weighted by Gasteiger charge is -2.44. The Hall–Kier alpha value is -1.84. The molecule has 206 valence electrons. The summed E-state index contributed by atoms with van der Waals surface area (Å²) in [5.41, 5.74) is -1.31. The fourth-order valence-electron chi connectivity index (χ4n) is 5.23. The number of nitrogens with zero attached hydrogens (tertiary/aromatic N) is 3. The van der Waals surface area contributed by atoms with E-state index in [0.29, 0.717) is 5.69 Å². The van der Waals surface area contributed by atoms with Crippen molar-refractivity contribution in [1.29, 1.82) is 0 Å². The lowest BCUT2D eigenvalue weighted by molar-refractivity contribution is -0.0465. The van der Waals surface area contributed by atoms with Gasteiger partial charge in [-0.15, -0.1) is 0 Å². The molecule has 2 unspecified atom stereocenters. The predicted octanol–water partition coefficient (Wildman–Crippen LogP) is 4.70. The Morgan fingerprint density at radius 1 is 0.789 bits per heavy atom. The summed E-state index contributed by atoms with van der Waals surface area (Å²) in [7, 11) is -1.44. The fourth-order valence-corrected chi connectivity index (χ4v) is 5.23. The molecule has 2 aromatic rings. The topological polar surface area (TPSA) is 84.8 Å². The fraction of sp³-hybridized carbons (Fsp3) is 0.679. The summed E-state index contributed by atoms with van der Waals surface area (Å²) in [5.74, 6) is 0.273. The van der Waals surface area contributed by atoms with Gasteiger partial charge in [-0.1, -0.05) is 40.7 Å². The second kappa shape index (κ2) is 9.37. The van der Waals surface area contributed by atoms with Gasteiger partial charge in [-0.25, -0.2) is 9.97 Å². The van der Waals surface area contributed by atoms with E-state index in [4.69, 9.17) is 28.3 Å². The third-order valence-electron chi connectivity index (χ3n) is 9.00. The monoisotopic (exact) mass is 523 g/mol. The molecule has 2 aliphatic rings. The van der Waals surface area contributed by atoms with Crippen molar-refractivity contribution >= 4 is 19.9 Å². The summed E-state index contributed by atoms with van der Waals surface area (Å²) in [6, 6.07) is 3.95. The molecule has 2 atom stereocenters. The van der Waals surface area contributed by atoms with E-state index in [1.165, 1.54) is 6.33 Å². The number of pyridine rings is 1. The maximum atomic E-state index is 6.82. The Kier molecular flexibility index (Phi) is 7.19. The molecule has 0 saturated carbocycles. The van der Waals surface area contributed by atoms with E-state index in [0.717, 1.165) is 11.0 Å². The van der Waals surface area contributed by atoms with Crippen molar-refractivity contribution in [2.45, 2.75) is 111 Å². The van der Waals surface area contributed by atoms with Crippen LogP contribution in [-0.2, 0) is 28.9 Å². The molecule has 8 nitrogen and oxygen atoms in total. The minimum Gasteiger partial charge on any atom is -0.399 e. The summed E-state index contributed by atoms with van der Waals surface area (Å²) in [6.07, 6.45) is 6.84. The highest BCUT2D eigenvalue weighted by molar-refractivity contribution is 6.62. The first-order chi connectivity index (χ1) is 17.4. The van der Waals surface area contributed by atoms with Gasteiger partial charge >= 0.3 is 14.4 Å². The quantitative estimate of drug-likeness (QED) is 0.504. The molecule has 4 heterocycles. The Bertz CT molecular complexity index is 1120. The average Bonchev–Trinajstić information content (AvgIpc) is 3.18. The first kappa shape index (κ1) is 29.2. The van der Waals surface area contributed by atoms with Gasteiger partial charge < -0.3 is 23.3 Å². The minimum atomic E-state index is -1.09. The molecule has 0 radical (unpaired) electrons. The van der Waals surface area contributed by atoms with E-state index < -0.39 is 47.9 Å². The lowest BCUT2D eigenvalue weighted by atomic mass is 9.69. The molecule has 0 aromatic carbocycles. The standard InChI is InChI=1S/C28H43B2N3O5/c1-19(2)27(12)26(10,11)34-29(37-27)21-13-14-22(33-17-21)28(23(3,4)5,20-15-31-18-32-16-20)38-30-35-24(6,7)25(8,9)36-30/h13-19H,1-12H3. The van der Waals surface area contributed by atoms with Crippen molar-refractivity contribution < 1.29 is 23.3 Å².